The number of likely N-dealkylation sites (N-methyl/N-ethyl adjacent to an activating group) is 2. The SMILES string of the molecule is CCN1CCN(CC)c2c(NC(CC(=O)O)C(=O)[O-])cccc2C1=O.[Na+]. The molecule has 136 valence electrons. The maximum atomic E-state index is 12.7. The summed E-state index contributed by atoms with van der Waals surface area (Å²) in [6.07, 6.45) is -0.618. The normalized spacial score (nSPS) is 14.8. The first kappa shape index (κ1) is 22.3. The zero-order chi connectivity index (χ0) is 18.6. The number of carboxylic acid groups (broad SMARTS) is 2. The predicted octanol–water partition coefficient (Wildman–Crippen LogP) is -3.00. The van der Waals surface area contributed by atoms with Crippen LogP contribution in [0.2, 0.25) is 0 Å². The Bertz CT molecular complexity index is 682. The molecule has 0 fully saturated rings. The Hall–Kier alpha value is -1.77. The number of benzene rings is 1. The van der Waals surface area contributed by atoms with E-state index in [0.29, 0.717) is 43.1 Å². The molecule has 26 heavy (non-hydrogen) atoms. The van der Waals surface area contributed by atoms with Crippen molar-refractivity contribution in [3.63, 3.8) is 0 Å². The van der Waals surface area contributed by atoms with E-state index in [2.05, 4.69) is 5.32 Å². The van der Waals surface area contributed by atoms with Crippen molar-refractivity contribution in [2.24, 2.45) is 0 Å². The van der Waals surface area contributed by atoms with Crippen molar-refractivity contribution in [2.75, 3.05) is 36.4 Å². The van der Waals surface area contributed by atoms with E-state index in [1.807, 2.05) is 18.7 Å². The number of aliphatic carboxylic acids is 2. The average molecular weight is 371 g/mol. The van der Waals surface area contributed by atoms with Crippen molar-refractivity contribution >= 4 is 29.2 Å². The summed E-state index contributed by atoms with van der Waals surface area (Å²) >= 11 is 0. The van der Waals surface area contributed by atoms with Crippen molar-refractivity contribution in [2.45, 2.75) is 26.3 Å². The molecule has 0 radical (unpaired) electrons. The van der Waals surface area contributed by atoms with E-state index >= 15 is 0 Å². The fourth-order valence-electron chi connectivity index (χ4n) is 2.97. The molecule has 1 aromatic carbocycles. The Morgan fingerprint density at radius 1 is 1.23 bits per heavy atom. The molecule has 9 heteroatoms. The molecule has 0 spiro atoms. The number of nitrogens with one attached hydrogen (secondary N) is 1. The molecule has 1 atom stereocenters. The van der Waals surface area contributed by atoms with E-state index in [1.165, 1.54) is 0 Å². The number of carbonyl (C=O) groups excluding carboxylic acids is 2. The van der Waals surface area contributed by atoms with Crippen LogP contribution >= 0.6 is 0 Å². The van der Waals surface area contributed by atoms with Gasteiger partial charge in [0, 0.05) is 26.2 Å². The second-order valence-corrected chi connectivity index (χ2v) is 5.78. The first-order chi connectivity index (χ1) is 11.9. The third kappa shape index (κ3) is 4.90. The van der Waals surface area contributed by atoms with Crippen molar-refractivity contribution in [3.8, 4) is 0 Å². The van der Waals surface area contributed by atoms with Gasteiger partial charge in [-0.1, -0.05) is 6.07 Å². The van der Waals surface area contributed by atoms with Crippen LogP contribution in [0.5, 0.6) is 0 Å². The molecule has 1 aliphatic heterocycles. The number of fused-ring (bicyclic) bond motifs is 1. The number of anilines is 2. The minimum absolute atomic E-state index is 0. The van der Waals surface area contributed by atoms with Gasteiger partial charge >= 0.3 is 35.5 Å². The van der Waals surface area contributed by atoms with Gasteiger partial charge in [-0.2, -0.15) is 0 Å². The van der Waals surface area contributed by atoms with E-state index < -0.39 is 24.4 Å². The van der Waals surface area contributed by atoms with Gasteiger partial charge in [-0.15, -0.1) is 0 Å². The molecule has 2 N–H and O–H groups in total. The molecule has 0 saturated heterocycles. The minimum atomic E-state index is -1.50. The summed E-state index contributed by atoms with van der Waals surface area (Å²) in [7, 11) is 0. The molecule has 2 rings (SSSR count). The number of hydrogen-bond donors (Lipinski definition) is 2. The molecule has 0 aliphatic carbocycles. The quantitative estimate of drug-likeness (QED) is 0.491. The fraction of sp³-hybridized carbons (Fsp3) is 0.471. The smallest absolute Gasteiger partial charge is 0.548 e. The molecule has 0 aromatic heterocycles. The zero-order valence-corrected chi connectivity index (χ0v) is 17.3. The minimum Gasteiger partial charge on any atom is -0.548 e. The summed E-state index contributed by atoms with van der Waals surface area (Å²) < 4.78 is 0. The Morgan fingerprint density at radius 2 is 1.85 bits per heavy atom. The molecule has 1 aliphatic rings. The Balaban J connectivity index is 0.00000338. The number of hydrogen-bond acceptors (Lipinski definition) is 6. The fourth-order valence-corrected chi connectivity index (χ4v) is 2.97. The van der Waals surface area contributed by atoms with Crippen LogP contribution in [0, 0.1) is 0 Å². The molecule has 1 heterocycles. The summed E-state index contributed by atoms with van der Waals surface area (Å²) in [4.78, 5) is 38.6. The van der Waals surface area contributed by atoms with Crippen molar-refractivity contribution in [3.05, 3.63) is 23.8 Å². The van der Waals surface area contributed by atoms with Crippen LogP contribution in [0.25, 0.3) is 0 Å². The monoisotopic (exact) mass is 371 g/mol. The second kappa shape index (κ2) is 9.80. The standard InChI is InChI=1S/C17H23N3O5.Na/c1-3-19-8-9-20(4-2)16(23)11-6-5-7-12(15(11)19)18-13(17(24)25)10-14(21)22;/h5-7,13,18H,3-4,8-10H2,1-2H3,(H,21,22)(H,24,25);/q;+1/p-1. The summed E-state index contributed by atoms with van der Waals surface area (Å²) in [5.41, 5.74) is 1.49. The molecular weight excluding hydrogens is 349 g/mol. The van der Waals surface area contributed by atoms with Crippen molar-refractivity contribution in [1.29, 1.82) is 0 Å². The van der Waals surface area contributed by atoms with Gasteiger partial charge in [-0.25, -0.2) is 0 Å². The van der Waals surface area contributed by atoms with Crippen LogP contribution in [0.15, 0.2) is 18.2 Å². The van der Waals surface area contributed by atoms with Gasteiger partial charge in [0.15, 0.2) is 0 Å². The van der Waals surface area contributed by atoms with Gasteiger partial charge in [0.1, 0.15) is 0 Å². The molecule has 0 bridgehead atoms. The van der Waals surface area contributed by atoms with Crippen LogP contribution in [0.1, 0.15) is 30.6 Å². The van der Waals surface area contributed by atoms with Gasteiger partial charge in [-0.05, 0) is 26.0 Å². The molecule has 1 amide bonds. The van der Waals surface area contributed by atoms with Gasteiger partial charge < -0.3 is 30.1 Å². The number of carbonyl (C=O) groups is 3. The first-order valence-corrected chi connectivity index (χ1v) is 8.25. The van der Waals surface area contributed by atoms with Crippen LogP contribution in [0.3, 0.4) is 0 Å². The summed E-state index contributed by atoms with van der Waals surface area (Å²) in [5, 5.41) is 22.9. The summed E-state index contributed by atoms with van der Waals surface area (Å²) in [6.45, 7) is 6.23. The van der Waals surface area contributed by atoms with Gasteiger partial charge in [0.25, 0.3) is 5.91 Å². The number of rotatable bonds is 7. The molecule has 1 aromatic rings. The third-order valence-electron chi connectivity index (χ3n) is 4.27. The number of amides is 1. The van der Waals surface area contributed by atoms with Crippen LogP contribution in [-0.2, 0) is 9.59 Å². The Kier molecular flexibility index (Phi) is 8.39. The van der Waals surface area contributed by atoms with E-state index in [9.17, 15) is 19.5 Å². The Morgan fingerprint density at radius 3 is 2.38 bits per heavy atom. The van der Waals surface area contributed by atoms with E-state index in [0.717, 1.165) is 0 Å². The zero-order valence-electron chi connectivity index (χ0n) is 15.3. The van der Waals surface area contributed by atoms with Gasteiger partial charge in [-0.3, -0.25) is 9.59 Å². The van der Waals surface area contributed by atoms with Crippen LogP contribution in [-0.4, -0.2) is 60.1 Å². The predicted molar refractivity (Wildman–Crippen MR) is 90.6 cm³/mol. The van der Waals surface area contributed by atoms with E-state index in [-0.39, 0.29) is 35.5 Å². The van der Waals surface area contributed by atoms with Crippen LogP contribution < -0.4 is 44.9 Å². The molecule has 1 unspecified atom stereocenters. The number of nitrogens with zero attached hydrogens (tertiary/aromatic N) is 2. The summed E-state index contributed by atoms with van der Waals surface area (Å²) in [6, 6.07) is 3.61. The first-order valence-electron chi connectivity index (χ1n) is 8.25. The van der Waals surface area contributed by atoms with Crippen molar-refractivity contribution in [1.82, 2.24) is 4.90 Å². The van der Waals surface area contributed by atoms with Gasteiger partial charge in [0.2, 0.25) is 0 Å². The molecule has 8 nitrogen and oxygen atoms in total. The Labute approximate surface area is 174 Å². The van der Waals surface area contributed by atoms with Crippen molar-refractivity contribution < 1.29 is 54.2 Å². The number of para-hydroxylation sites is 1. The summed E-state index contributed by atoms with van der Waals surface area (Å²) in [5.74, 6) is -2.87. The van der Waals surface area contributed by atoms with Gasteiger partial charge in [0.05, 0.1) is 35.4 Å². The molecule has 0 saturated carbocycles. The molecular formula is C17H22N3NaO5. The van der Waals surface area contributed by atoms with E-state index in [4.69, 9.17) is 5.11 Å². The topological polar surface area (TPSA) is 113 Å². The van der Waals surface area contributed by atoms with Crippen LogP contribution in [0.4, 0.5) is 11.4 Å². The average Bonchev–Trinajstić information content (AvgIpc) is 2.71. The number of carboxylic acids is 2. The third-order valence-corrected chi connectivity index (χ3v) is 4.27. The second-order valence-electron chi connectivity index (χ2n) is 5.78. The maximum Gasteiger partial charge on any atom is 1.00 e. The maximum absolute atomic E-state index is 12.7. The largest absolute Gasteiger partial charge is 1.00 e. The van der Waals surface area contributed by atoms with E-state index in [1.54, 1.807) is 23.1 Å².